The summed E-state index contributed by atoms with van der Waals surface area (Å²) in [4.78, 5) is 29.8. The quantitative estimate of drug-likeness (QED) is 0.230. The van der Waals surface area contributed by atoms with Crippen molar-refractivity contribution in [3.05, 3.63) is 47.8 Å². The molecule has 1 saturated heterocycles. The van der Waals surface area contributed by atoms with E-state index in [0.717, 1.165) is 5.57 Å². The van der Waals surface area contributed by atoms with Crippen molar-refractivity contribution in [3.63, 3.8) is 0 Å². The lowest BCUT2D eigenvalue weighted by Crippen LogP contribution is -2.59. The van der Waals surface area contributed by atoms with E-state index >= 15 is 0 Å². The number of hydrogen-bond donors (Lipinski definition) is 3. The van der Waals surface area contributed by atoms with Crippen LogP contribution in [0.3, 0.4) is 0 Å². The molecule has 0 aromatic carbocycles. The summed E-state index contributed by atoms with van der Waals surface area (Å²) in [5.74, 6) is -4.06. The fraction of sp³-hybridized carbons (Fsp3) is 0.633. The van der Waals surface area contributed by atoms with E-state index < -0.39 is 65.6 Å². The highest BCUT2D eigenvalue weighted by Gasteiger charge is 2.71. The van der Waals surface area contributed by atoms with Gasteiger partial charge in [-0.05, 0) is 24.6 Å². The molecule has 1 aromatic rings. The molecular formula is C30H40N2O9. The molecule has 1 saturated carbocycles. The van der Waals surface area contributed by atoms with Crippen LogP contribution in [0.2, 0.25) is 0 Å². The smallest absolute Gasteiger partial charge is 0.355 e. The number of ether oxygens (including phenoxy) is 6. The Kier molecular flexibility index (Phi) is 8.54. The van der Waals surface area contributed by atoms with Crippen LogP contribution in [-0.4, -0.2) is 98.9 Å². The van der Waals surface area contributed by atoms with E-state index in [1.807, 2.05) is 32.1 Å². The van der Waals surface area contributed by atoms with E-state index in [0.29, 0.717) is 5.69 Å². The standard InChI is InChI=1S/C30H40N2O9/c1-15-11-16(2)30-20(18(12-36-3)28(34)39-25(15)21(31)14-38-5)9-8-17-23(30)24(33)19(13-37-4)26(27(17)41-30)40-29(35)22-7-6-10-32-22/h6-11,15,17-20,23-27,31-33H,12-14H2,1-5H3/b16-11+,31-21?/t15-,17-,18-,19-,20-,23+,24-,25+,26-,27-,30+/m1/s1. The summed E-state index contributed by atoms with van der Waals surface area (Å²) in [7, 11) is 4.56. The van der Waals surface area contributed by atoms with Gasteiger partial charge in [0.1, 0.15) is 29.6 Å². The predicted molar refractivity (Wildman–Crippen MR) is 146 cm³/mol. The van der Waals surface area contributed by atoms with E-state index in [2.05, 4.69) is 4.98 Å². The number of methoxy groups -OCH3 is 3. The number of rotatable bonds is 9. The van der Waals surface area contributed by atoms with E-state index in [4.69, 9.17) is 33.8 Å². The van der Waals surface area contributed by atoms with Gasteiger partial charge in [0, 0.05) is 57.1 Å². The van der Waals surface area contributed by atoms with Crippen LogP contribution in [-0.2, 0) is 33.2 Å². The summed E-state index contributed by atoms with van der Waals surface area (Å²) in [5.41, 5.74) is 0.146. The Balaban J connectivity index is 1.62. The molecule has 0 radical (unpaired) electrons. The van der Waals surface area contributed by atoms with Gasteiger partial charge in [0.2, 0.25) is 0 Å². The van der Waals surface area contributed by atoms with Gasteiger partial charge in [0.05, 0.1) is 37.6 Å². The Morgan fingerprint density at radius 3 is 2.59 bits per heavy atom. The van der Waals surface area contributed by atoms with Crippen molar-refractivity contribution in [1.82, 2.24) is 4.98 Å². The van der Waals surface area contributed by atoms with E-state index in [-0.39, 0.29) is 37.4 Å². The minimum absolute atomic E-state index is 0.0210. The summed E-state index contributed by atoms with van der Waals surface area (Å²) in [6.07, 6.45) is 4.33. The van der Waals surface area contributed by atoms with Gasteiger partial charge in [0.25, 0.3) is 0 Å². The summed E-state index contributed by atoms with van der Waals surface area (Å²) in [5, 5.41) is 20.6. The first kappa shape index (κ1) is 29.7. The van der Waals surface area contributed by atoms with E-state index in [1.54, 1.807) is 25.4 Å². The summed E-state index contributed by atoms with van der Waals surface area (Å²) < 4.78 is 35.2. The molecule has 2 fully saturated rings. The fourth-order valence-electron chi connectivity index (χ4n) is 7.56. The van der Waals surface area contributed by atoms with Crippen LogP contribution < -0.4 is 0 Å². The van der Waals surface area contributed by atoms with Gasteiger partial charge in [-0.2, -0.15) is 0 Å². The molecule has 4 bridgehead atoms. The number of aromatic nitrogens is 1. The number of cyclic esters (lactones) is 1. The first-order valence-electron chi connectivity index (χ1n) is 14.0. The number of carbonyl (C=O) groups is 2. The summed E-state index contributed by atoms with van der Waals surface area (Å²) >= 11 is 0. The Hall–Kier alpha value is -2.83. The second-order valence-electron chi connectivity index (χ2n) is 11.5. The largest absolute Gasteiger partial charge is 0.455 e. The molecule has 2 aliphatic heterocycles. The number of esters is 2. The lowest BCUT2D eigenvalue weighted by Gasteiger charge is -2.49. The van der Waals surface area contributed by atoms with Crippen LogP contribution in [0.5, 0.6) is 0 Å². The maximum Gasteiger partial charge on any atom is 0.355 e. The van der Waals surface area contributed by atoms with Crippen molar-refractivity contribution < 1.29 is 43.1 Å². The van der Waals surface area contributed by atoms with Gasteiger partial charge in [-0.25, -0.2) is 4.79 Å². The topological polar surface area (TPSA) is 149 Å². The second kappa shape index (κ2) is 11.8. The average molecular weight is 573 g/mol. The van der Waals surface area contributed by atoms with Crippen molar-refractivity contribution in [2.75, 3.05) is 41.2 Å². The Morgan fingerprint density at radius 1 is 1.17 bits per heavy atom. The van der Waals surface area contributed by atoms with Crippen LogP contribution in [0.25, 0.3) is 0 Å². The third kappa shape index (κ3) is 4.87. The third-order valence-corrected chi connectivity index (χ3v) is 9.20. The molecule has 224 valence electrons. The molecule has 1 aromatic heterocycles. The molecule has 41 heavy (non-hydrogen) atoms. The zero-order valence-electron chi connectivity index (χ0n) is 24.1. The van der Waals surface area contributed by atoms with Crippen LogP contribution in [0, 0.1) is 40.9 Å². The van der Waals surface area contributed by atoms with Crippen molar-refractivity contribution >= 4 is 17.7 Å². The SMILES string of the molecule is COCC(=N)[C@H]1OC(=O)[C@H](COC)[C@H]2C=C[C@H]3[C@H]4O[C@]2(/C(C)=C/[C@H]1C)[C@@H]3[C@H](O)[C@@H](COC)[C@H]4OC(=O)c1ccc[nH]1. The highest BCUT2D eigenvalue weighted by molar-refractivity contribution is 5.90. The normalized spacial score (nSPS) is 40.8. The van der Waals surface area contributed by atoms with Crippen molar-refractivity contribution in [2.45, 2.75) is 43.9 Å². The number of aromatic amines is 1. The molecular weight excluding hydrogens is 532 g/mol. The lowest BCUT2D eigenvalue weighted by molar-refractivity contribution is -0.162. The molecule has 3 N–H and O–H groups in total. The number of nitrogens with one attached hydrogen (secondary N) is 2. The van der Waals surface area contributed by atoms with E-state index in [1.165, 1.54) is 14.2 Å². The molecule has 0 unspecified atom stereocenters. The molecule has 11 atom stereocenters. The minimum atomic E-state index is -1.11. The Bertz CT molecular complexity index is 1200. The lowest BCUT2D eigenvalue weighted by atomic mass is 9.56. The molecule has 11 heteroatoms. The maximum absolute atomic E-state index is 13.8. The average Bonchev–Trinajstić information content (AvgIpc) is 3.54. The first-order chi connectivity index (χ1) is 19.7. The second-order valence-corrected chi connectivity index (χ2v) is 11.5. The van der Waals surface area contributed by atoms with E-state index in [9.17, 15) is 14.7 Å². The molecule has 2 aliphatic carbocycles. The van der Waals surface area contributed by atoms with Crippen molar-refractivity contribution in [3.8, 4) is 0 Å². The first-order valence-corrected chi connectivity index (χ1v) is 14.0. The number of hydrogen-bond acceptors (Lipinski definition) is 10. The summed E-state index contributed by atoms with van der Waals surface area (Å²) in [6.45, 7) is 4.05. The Labute approximate surface area is 239 Å². The fourth-order valence-corrected chi connectivity index (χ4v) is 7.56. The zero-order chi connectivity index (χ0) is 29.5. The molecule has 4 aliphatic rings. The van der Waals surface area contributed by atoms with Gasteiger partial charge < -0.3 is 43.9 Å². The van der Waals surface area contributed by atoms with Crippen LogP contribution in [0.4, 0.5) is 0 Å². The zero-order valence-corrected chi connectivity index (χ0v) is 24.1. The van der Waals surface area contributed by atoms with Crippen molar-refractivity contribution in [2.24, 2.45) is 35.5 Å². The van der Waals surface area contributed by atoms with Crippen molar-refractivity contribution in [1.29, 1.82) is 5.41 Å². The minimum Gasteiger partial charge on any atom is -0.455 e. The number of carbonyl (C=O) groups excluding carboxylic acids is 2. The molecule has 3 heterocycles. The van der Waals surface area contributed by atoms with Gasteiger partial charge in [-0.15, -0.1) is 0 Å². The van der Waals surface area contributed by atoms with Gasteiger partial charge in [0.15, 0.2) is 0 Å². The van der Waals surface area contributed by atoms with Gasteiger partial charge >= 0.3 is 11.9 Å². The molecule has 0 amide bonds. The van der Waals surface area contributed by atoms with Gasteiger partial charge in [-0.3, -0.25) is 4.79 Å². The maximum atomic E-state index is 13.8. The predicted octanol–water partition coefficient (Wildman–Crippen LogP) is 2.17. The van der Waals surface area contributed by atoms with Gasteiger partial charge in [-0.1, -0.05) is 25.2 Å². The molecule has 1 spiro atoms. The number of aliphatic hydroxyl groups is 1. The molecule has 11 nitrogen and oxygen atoms in total. The monoisotopic (exact) mass is 572 g/mol. The summed E-state index contributed by atoms with van der Waals surface area (Å²) in [6, 6.07) is 3.34. The highest BCUT2D eigenvalue weighted by atomic mass is 16.6. The number of H-pyrrole nitrogens is 1. The van der Waals surface area contributed by atoms with Crippen LogP contribution >= 0.6 is 0 Å². The van der Waals surface area contributed by atoms with Crippen LogP contribution in [0.1, 0.15) is 24.3 Å². The third-order valence-electron chi connectivity index (χ3n) is 9.20. The number of aliphatic hydroxyl groups excluding tert-OH is 1. The highest BCUT2D eigenvalue weighted by Crippen LogP contribution is 2.62. The molecule has 5 rings (SSSR count). The van der Waals surface area contributed by atoms with Crippen LogP contribution in [0.15, 0.2) is 42.1 Å². The Morgan fingerprint density at radius 2 is 1.93 bits per heavy atom.